The van der Waals surface area contributed by atoms with Crippen LogP contribution >= 0.6 is 0 Å². The molecule has 0 amide bonds. The fraction of sp³-hybridized carbons (Fsp3) is 0.500. The van der Waals surface area contributed by atoms with Crippen LogP contribution in [0.3, 0.4) is 0 Å². The van der Waals surface area contributed by atoms with Gasteiger partial charge in [-0.15, -0.1) is 0 Å². The number of anilines is 1. The zero-order chi connectivity index (χ0) is 14.8. The normalized spacial score (nSPS) is 16.1. The highest BCUT2D eigenvalue weighted by Gasteiger charge is 2.17. The molecule has 1 fully saturated rings. The van der Waals surface area contributed by atoms with Crippen molar-refractivity contribution in [3.05, 3.63) is 41.2 Å². The average molecular weight is 283 g/mol. The highest BCUT2D eigenvalue weighted by Crippen LogP contribution is 2.25. The van der Waals surface area contributed by atoms with Gasteiger partial charge >= 0.3 is 0 Å². The lowest BCUT2D eigenvalue weighted by Crippen LogP contribution is -2.24. The Morgan fingerprint density at radius 2 is 1.86 bits per heavy atom. The zero-order valence-electron chi connectivity index (χ0n) is 13.3. The maximum Gasteiger partial charge on any atom is 0.207 e. The first kappa shape index (κ1) is 14.2. The van der Waals surface area contributed by atoms with E-state index in [1.165, 1.54) is 48.9 Å². The number of nitrogens with one attached hydrogen (secondary N) is 1. The maximum atomic E-state index is 4.70. The van der Waals surface area contributed by atoms with Gasteiger partial charge in [-0.3, -0.25) is 4.57 Å². The van der Waals surface area contributed by atoms with Crippen LogP contribution in [0.15, 0.2) is 24.4 Å². The molecule has 1 N–H and O–H groups in total. The minimum atomic E-state index is 0.574. The van der Waals surface area contributed by atoms with Gasteiger partial charge in [0.2, 0.25) is 5.95 Å². The van der Waals surface area contributed by atoms with Crippen molar-refractivity contribution in [2.45, 2.75) is 58.9 Å². The van der Waals surface area contributed by atoms with E-state index in [0.717, 1.165) is 11.6 Å². The van der Waals surface area contributed by atoms with E-state index in [1.54, 1.807) is 0 Å². The summed E-state index contributed by atoms with van der Waals surface area (Å²) in [6.07, 6.45) is 8.70. The summed E-state index contributed by atoms with van der Waals surface area (Å²) in [4.78, 5) is 4.70. The third-order valence-electron chi connectivity index (χ3n) is 4.39. The van der Waals surface area contributed by atoms with Crippen molar-refractivity contribution in [3.8, 4) is 5.69 Å². The summed E-state index contributed by atoms with van der Waals surface area (Å²) in [5.74, 6) is 0.994. The van der Waals surface area contributed by atoms with Crippen molar-refractivity contribution in [1.29, 1.82) is 0 Å². The largest absolute Gasteiger partial charge is 0.353 e. The molecule has 1 heterocycles. The Hall–Kier alpha value is -1.77. The molecule has 1 aliphatic rings. The fourth-order valence-corrected chi connectivity index (χ4v) is 3.19. The van der Waals surface area contributed by atoms with Crippen molar-refractivity contribution < 1.29 is 0 Å². The second kappa shape index (κ2) is 5.92. The lowest BCUT2D eigenvalue weighted by atomic mass is 9.96. The topological polar surface area (TPSA) is 29.9 Å². The monoisotopic (exact) mass is 283 g/mol. The summed E-state index contributed by atoms with van der Waals surface area (Å²) in [7, 11) is 0. The van der Waals surface area contributed by atoms with Crippen molar-refractivity contribution >= 4 is 5.95 Å². The molecule has 21 heavy (non-hydrogen) atoms. The second-order valence-electron chi connectivity index (χ2n) is 6.35. The number of nitrogens with zero attached hydrogens (tertiary/aromatic N) is 2. The molecule has 3 heteroatoms. The van der Waals surface area contributed by atoms with Gasteiger partial charge in [-0.25, -0.2) is 4.98 Å². The van der Waals surface area contributed by atoms with E-state index in [9.17, 15) is 0 Å². The van der Waals surface area contributed by atoms with Gasteiger partial charge in [0, 0.05) is 12.2 Å². The van der Waals surface area contributed by atoms with Gasteiger partial charge in [-0.05, 0) is 50.8 Å². The van der Waals surface area contributed by atoms with E-state index in [0.29, 0.717) is 6.04 Å². The predicted octanol–water partition coefficient (Wildman–Crippen LogP) is 4.54. The first-order chi connectivity index (χ1) is 10.1. The van der Waals surface area contributed by atoms with Crippen LogP contribution in [0.4, 0.5) is 5.95 Å². The molecule has 1 saturated carbocycles. The Labute approximate surface area is 127 Å². The van der Waals surface area contributed by atoms with Crippen LogP contribution in [0.1, 0.15) is 48.9 Å². The van der Waals surface area contributed by atoms with E-state index in [2.05, 4.69) is 55.1 Å². The lowest BCUT2D eigenvalue weighted by Gasteiger charge is -2.24. The molecule has 0 atom stereocenters. The number of rotatable bonds is 3. The third kappa shape index (κ3) is 3.12. The number of aromatic nitrogens is 2. The Morgan fingerprint density at radius 3 is 2.62 bits per heavy atom. The third-order valence-corrected chi connectivity index (χ3v) is 4.39. The standard InChI is InChI=1S/C18H25N3/c1-13-9-10-14(2)17(11-13)21-12-15(3)19-18(21)20-16-7-5-4-6-8-16/h9-12,16H,4-8H2,1-3H3,(H,19,20). The van der Waals surface area contributed by atoms with Crippen LogP contribution in [-0.2, 0) is 0 Å². The summed E-state index contributed by atoms with van der Waals surface area (Å²) < 4.78 is 2.21. The molecule has 2 aromatic rings. The minimum absolute atomic E-state index is 0.574. The average Bonchev–Trinajstić information content (AvgIpc) is 2.83. The van der Waals surface area contributed by atoms with Crippen LogP contribution in [0.2, 0.25) is 0 Å². The van der Waals surface area contributed by atoms with Crippen LogP contribution < -0.4 is 5.32 Å². The quantitative estimate of drug-likeness (QED) is 0.896. The van der Waals surface area contributed by atoms with Crippen molar-refractivity contribution in [3.63, 3.8) is 0 Å². The fourth-order valence-electron chi connectivity index (χ4n) is 3.19. The molecule has 0 saturated heterocycles. The molecule has 0 radical (unpaired) electrons. The minimum Gasteiger partial charge on any atom is -0.353 e. The molecule has 3 rings (SSSR count). The number of hydrogen-bond acceptors (Lipinski definition) is 2. The second-order valence-corrected chi connectivity index (χ2v) is 6.35. The molecule has 0 spiro atoms. The molecule has 0 aliphatic heterocycles. The first-order valence-electron chi connectivity index (χ1n) is 8.03. The number of imidazole rings is 1. The van der Waals surface area contributed by atoms with Crippen LogP contribution in [-0.4, -0.2) is 15.6 Å². The van der Waals surface area contributed by atoms with Gasteiger partial charge in [0.05, 0.1) is 11.4 Å². The molecule has 1 aliphatic carbocycles. The van der Waals surface area contributed by atoms with Gasteiger partial charge in [0.15, 0.2) is 0 Å². The Bertz CT molecular complexity index is 621. The van der Waals surface area contributed by atoms with Gasteiger partial charge in [0.25, 0.3) is 0 Å². The highest BCUT2D eigenvalue weighted by molar-refractivity contribution is 5.49. The van der Waals surface area contributed by atoms with E-state index < -0.39 is 0 Å². The Balaban J connectivity index is 1.93. The van der Waals surface area contributed by atoms with Crippen molar-refractivity contribution in [2.24, 2.45) is 0 Å². The maximum absolute atomic E-state index is 4.70. The van der Waals surface area contributed by atoms with Crippen LogP contribution in [0.5, 0.6) is 0 Å². The highest BCUT2D eigenvalue weighted by atomic mass is 15.2. The molecular weight excluding hydrogens is 258 g/mol. The number of aryl methyl sites for hydroxylation is 3. The van der Waals surface area contributed by atoms with E-state index in [4.69, 9.17) is 4.98 Å². The molecular formula is C18H25N3. The summed E-state index contributed by atoms with van der Waals surface area (Å²) in [6.45, 7) is 6.36. The van der Waals surface area contributed by atoms with Gasteiger partial charge < -0.3 is 5.32 Å². The molecule has 3 nitrogen and oxygen atoms in total. The molecule has 0 unspecified atom stereocenters. The lowest BCUT2D eigenvalue weighted by molar-refractivity contribution is 0.460. The molecule has 112 valence electrons. The number of benzene rings is 1. The van der Waals surface area contributed by atoms with Crippen molar-refractivity contribution in [1.82, 2.24) is 9.55 Å². The Morgan fingerprint density at radius 1 is 1.10 bits per heavy atom. The van der Waals surface area contributed by atoms with E-state index in [1.807, 2.05) is 0 Å². The summed E-state index contributed by atoms with van der Waals surface area (Å²) in [5.41, 5.74) is 4.86. The molecule has 1 aromatic heterocycles. The Kier molecular flexibility index (Phi) is 4.00. The molecule has 0 bridgehead atoms. The number of hydrogen-bond donors (Lipinski definition) is 1. The SMILES string of the molecule is Cc1ccc(C)c(-n2cc(C)nc2NC2CCCCC2)c1. The van der Waals surface area contributed by atoms with Gasteiger partial charge in [0.1, 0.15) is 0 Å². The predicted molar refractivity (Wildman–Crippen MR) is 88.3 cm³/mol. The van der Waals surface area contributed by atoms with Gasteiger partial charge in [-0.1, -0.05) is 31.4 Å². The van der Waals surface area contributed by atoms with Gasteiger partial charge in [-0.2, -0.15) is 0 Å². The smallest absolute Gasteiger partial charge is 0.207 e. The molecule has 1 aromatic carbocycles. The first-order valence-corrected chi connectivity index (χ1v) is 8.03. The van der Waals surface area contributed by atoms with Crippen LogP contribution in [0, 0.1) is 20.8 Å². The summed E-state index contributed by atoms with van der Waals surface area (Å²) >= 11 is 0. The summed E-state index contributed by atoms with van der Waals surface area (Å²) in [6, 6.07) is 7.16. The van der Waals surface area contributed by atoms with Crippen molar-refractivity contribution in [2.75, 3.05) is 5.32 Å². The van der Waals surface area contributed by atoms with E-state index in [-0.39, 0.29) is 0 Å². The summed E-state index contributed by atoms with van der Waals surface area (Å²) in [5, 5.41) is 3.67. The van der Waals surface area contributed by atoms with Crippen LogP contribution in [0.25, 0.3) is 5.69 Å². The van der Waals surface area contributed by atoms with E-state index >= 15 is 0 Å². The zero-order valence-corrected chi connectivity index (χ0v) is 13.3.